The zero-order valence-corrected chi connectivity index (χ0v) is 22.7. The van der Waals surface area contributed by atoms with Crippen molar-refractivity contribution in [3.8, 4) is 6.19 Å². The third kappa shape index (κ3) is 6.37. The molecule has 3 atom stereocenters. The average Bonchev–Trinajstić information content (AvgIpc) is 3.60. The lowest BCUT2D eigenvalue weighted by Gasteiger charge is -2.34. The molecule has 2 fully saturated rings. The van der Waals surface area contributed by atoms with Crippen molar-refractivity contribution >= 4 is 23.4 Å². The lowest BCUT2D eigenvalue weighted by Crippen LogP contribution is -2.51. The Morgan fingerprint density at radius 1 is 1.18 bits per heavy atom. The first-order chi connectivity index (χ1) is 18.6. The van der Waals surface area contributed by atoms with Gasteiger partial charge in [-0.25, -0.2) is 0 Å². The van der Waals surface area contributed by atoms with Gasteiger partial charge < -0.3 is 15.3 Å². The highest BCUT2D eigenvalue weighted by Gasteiger charge is 2.43. The molecule has 3 amide bonds. The van der Waals surface area contributed by atoms with Crippen LogP contribution in [0.25, 0.3) is 0 Å². The minimum atomic E-state index is -1.16. The van der Waals surface area contributed by atoms with E-state index >= 15 is 0 Å². The van der Waals surface area contributed by atoms with Gasteiger partial charge >= 0.3 is 0 Å². The fourth-order valence-electron chi connectivity index (χ4n) is 5.14. The second-order valence-corrected chi connectivity index (χ2v) is 11.2. The van der Waals surface area contributed by atoms with Crippen molar-refractivity contribution in [2.45, 2.75) is 63.6 Å². The van der Waals surface area contributed by atoms with E-state index in [0.717, 1.165) is 18.4 Å². The van der Waals surface area contributed by atoms with Gasteiger partial charge in [-0.05, 0) is 42.0 Å². The molecule has 0 bridgehead atoms. The number of nitrogens with zero attached hydrogens (tertiary/aromatic N) is 5. The Morgan fingerprint density at radius 2 is 1.87 bits per heavy atom. The number of likely N-dealkylation sites (tertiary alicyclic amines) is 2. The van der Waals surface area contributed by atoms with Crippen molar-refractivity contribution in [2.75, 3.05) is 31.1 Å². The molecule has 1 aromatic carbocycles. The number of pyridine rings is 1. The number of rotatable bonds is 7. The Kier molecular flexibility index (Phi) is 8.51. The lowest BCUT2D eigenvalue weighted by molar-refractivity contribution is -0.133. The van der Waals surface area contributed by atoms with Crippen molar-refractivity contribution in [1.82, 2.24) is 20.1 Å². The van der Waals surface area contributed by atoms with Gasteiger partial charge in [0.05, 0.1) is 19.2 Å². The molecule has 1 unspecified atom stereocenters. The van der Waals surface area contributed by atoms with Gasteiger partial charge in [-0.3, -0.25) is 29.2 Å². The number of nitrogens with one attached hydrogen (secondary N) is 1. The third-order valence-electron chi connectivity index (χ3n) is 7.32. The first-order valence-electron chi connectivity index (χ1n) is 13.3. The SMILES string of the molecule is CC(C)(C)c1ccc(N(C(=O)[C@H]2C[C@@H](O)CN2C#N)C(C(=O)NCC(=O)N2CCCC2)c2cccnc2)cc1. The summed E-state index contributed by atoms with van der Waals surface area (Å²) in [5.74, 6) is -1.20. The molecule has 206 valence electrons. The smallest absolute Gasteiger partial charge is 0.251 e. The van der Waals surface area contributed by atoms with Gasteiger partial charge in [0.25, 0.3) is 5.91 Å². The molecule has 4 rings (SSSR count). The summed E-state index contributed by atoms with van der Waals surface area (Å²) in [5.41, 5.74) is 1.84. The van der Waals surface area contributed by atoms with E-state index in [0.29, 0.717) is 24.3 Å². The zero-order valence-electron chi connectivity index (χ0n) is 22.7. The van der Waals surface area contributed by atoms with Gasteiger partial charge in [-0.2, -0.15) is 5.26 Å². The van der Waals surface area contributed by atoms with E-state index in [1.165, 1.54) is 16.0 Å². The molecule has 2 saturated heterocycles. The maximum absolute atomic E-state index is 14.2. The number of hydrogen-bond donors (Lipinski definition) is 2. The summed E-state index contributed by atoms with van der Waals surface area (Å²) in [4.78, 5) is 49.2. The normalized spacial score (nSPS) is 19.9. The van der Waals surface area contributed by atoms with Gasteiger partial charge in [0.2, 0.25) is 11.8 Å². The summed E-state index contributed by atoms with van der Waals surface area (Å²) in [6.45, 7) is 7.43. The monoisotopic (exact) mass is 532 g/mol. The molecule has 3 heterocycles. The highest BCUT2D eigenvalue weighted by atomic mass is 16.3. The molecular formula is C29H36N6O4. The maximum atomic E-state index is 14.2. The highest BCUT2D eigenvalue weighted by molar-refractivity contribution is 6.04. The van der Waals surface area contributed by atoms with Crippen molar-refractivity contribution in [1.29, 1.82) is 5.26 Å². The Labute approximate surface area is 229 Å². The fraction of sp³-hybridized carbons (Fsp3) is 0.483. The summed E-state index contributed by atoms with van der Waals surface area (Å²) >= 11 is 0. The number of hydrogen-bond acceptors (Lipinski definition) is 7. The van der Waals surface area contributed by atoms with Crippen LogP contribution in [0.5, 0.6) is 0 Å². The van der Waals surface area contributed by atoms with E-state index in [1.54, 1.807) is 35.4 Å². The van der Waals surface area contributed by atoms with E-state index in [2.05, 4.69) is 31.1 Å². The standard InChI is InChI=1S/C29H36N6O4/c1-29(2,3)21-8-10-22(11-9-21)35(28(39)24-15-23(36)18-34(24)19-30)26(20-7-6-12-31-16-20)27(38)32-17-25(37)33-13-4-5-14-33/h6-12,16,23-24,26,36H,4-5,13-15,17-18H2,1-3H3,(H,32,38)/t23-,24-,26?/m1/s1. The summed E-state index contributed by atoms with van der Waals surface area (Å²) in [6.07, 6.45) is 6.20. The van der Waals surface area contributed by atoms with Gasteiger partial charge in [0, 0.05) is 43.2 Å². The van der Waals surface area contributed by atoms with Crippen LogP contribution in [0.3, 0.4) is 0 Å². The van der Waals surface area contributed by atoms with Crippen LogP contribution < -0.4 is 10.2 Å². The number of anilines is 1. The van der Waals surface area contributed by atoms with Crippen LogP contribution in [0, 0.1) is 11.5 Å². The van der Waals surface area contributed by atoms with Crippen LogP contribution in [-0.4, -0.2) is 75.9 Å². The maximum Gasteiger partial charge on any atom is 0.251 e. The van der Waals surface area contributed by atoms with Crippen LogP contribution in [0.2, 0.25) is 0 Å². The van der Waals surface area contributed by atoms with Gasteiger partial charge in [0.1, 0.15) is 12.1 Å². The molecule has 0 radical (unpaired) electrons. The van der Waals surface area contributed by atoms with Gasteiger partial charge in [-0.1, -0.05) is 39.0 Å². The first-order valence-corrected chi connectivity index (χ1v) is 13.3. The molecule has 10 nitrogen and oxygen atoms in total. The van der Waals surface area contributed by atoms with Crippen molar-refractivity contribution < 1.29 is 19.5 Å². The topological polar surface area (TPSA) is 130 Å². The van der Waals surface area contributed by atoms with Crippen LogP contribution >= 0.6 is 0 Å². The number of carbonyl (C=O) groups is 3. The van der Waals surface area contributed by atoms with E-state index in [4.69, 9.17) is 0 Å². The number of nitriles is 1. The van der Waals surface area contributed by atoms with E-state index in [-0.39, 0.29) is 30.8 Å². The molecule has 10 heteroatoms. The number of aromatic nitrogens is 1. The van der Waals surface area contributed by atoms with E-state index < -0.39 is 30.0 Å². The third-order valence-corrected chi connectivity index (χ3v) is 7.32. The molecule has 0 spiro atoms. The van der Waals surface area contributed by atoms with E-state index in [1.807, 2.05) is 18.3 Å². The molecule has 1 aromatic heterocycles. The Balaban J connectivity index is 1.73. The summed E-state index contributed by atoms with van der Waals surface area (Å²) in [5, 5.41) is 22.6. The number of amides is 3. The molecular weight excluding hydrogens is 496 g/mol. The molecule has 0 saturated carbocycles. The summed E-state index contributed by atoms with van der Waals surface area (Å²) < 4.78 is 0. The molecule has 2 aliphatic rings. The molecule has 2 aromatic rings. The van der Waals surface area contributed by atoms with Crippen molar-refractivity contribution in [3.63, 3.8) is 0 Å². The largest absolute Gasteiger partial charge is 0.391 e. The number of β-amino-alcohol motifs (C(OH)–C–C–N with tert-alkyl or cyclic N) is 1. The minimum absolute atomic E-state index is 0.0395. The van der Waals surface area contributed by atoms with Crippen LogP contribution in [0.15, 0.2) is 48.8 Å². The second kappa shape index (κ2) is 11.8. The van der Waals surface area contributed by atoms with E-state index in [9.17, 15) is 24.8 Å². The quantitative estimate of drug-likeness (QED) is 0.523. The number of aliphatic hydroxyl groups excluding tert-OH is 1. The molecule has 39 heavy (non-hydrogen) atoms. The fourth-order valence-corrected chi connectivity index (χ4v) is 5.14. The van der Waals surface area contributed by atoms with Crippen LogP contribution in [0.1, 0.15) is 57.2 Å². The second-order valence-electron chi connectivity index (χ2n) is 11.2. The van der Waals surface area contributed by atoms with Crippen LogP contribution in [-0.2, 0) is 19.8 Å². The average molecular weight is 533 g/mol. The van der Waals surface area contributed by atoms with Crippen LogP contribution in [0.4, 0.5) is 5.69 Å². The Morgan fingerprint density at radius 3 is 2.46 bits per heavy atom. The van der Waals surface area contributed by atoms with Gasteiger partial charge in [-0.15, -0.1) is 0 Å². The van der Waals surface area contributed by atoms with Crippen molar-refractivity contribution in [3.05, 3.63) is 59.9 Å². The Hall–Kier alpha value is -3.97. The summed E-state index contributed by atoms with van der Waals surface area (Å²) in [7, 11) is 0. The minimum Gasteiger partial charge on any atom is -0.391 e. The molecule has 0 aliphatic carbocycles. The predicted molar refractivity (Wildman–Crippen MR) is 145 cm³/mol. The molecule has 2 N–H and O–H groups in total. The zero-order chi connectivity index (χ0) is 28.2. The number of aliphatic hydroxyl groups is 1. The lowest BCUT2D eigenvalue weighted by atomic mass is 9.87. The Bertz CT molecular complexity index is 1220. The van der Waals surface area contributed by atoms with Gasteiger partial charge in [0.15, 0.2) is 6.19 Å². The predicted octanol–water partition coefficient (Wildman–Crippen LogP) is 2.11. The highest BCUT2D eigenvalue weighted by Crippen LogP contribution is 2.33. The van der Waals surface area contributed by atoms with Crippen molar-refractivity contribution in [2.24, 2.45) is 0 Å². The number of benzene rings is 1. The number of carbonyl (C=O) groups excluding carboxylic acids is 3. The molecule has 2 aliphatic heterocycles. The summed E-state index contributed by atoms with van der Waals surface area (Å²) in [6, 6.07) is 8.68. The first kappa shape index (κ1) is 28.0.